The molecule has 0 aliphatic carbocycles. The van der Waals surface area contributed by atoms with E-state index in [2.05, 4.69) is 15.2 Å². The highest BCUT2D eigenvalue weighted by atomic mass is 16.5. The molecule has 1 aliphatic heterocycles. The van der Waals surface area contributed by atoms with Gasteiger partial charge in [0, 0.05) is 37.8 Å². The maximum atomic E-state index is 12.5. The molecule has 0 atom stereocenters. The van der Waals surface area contributed by atoms with Gasteiger partial charge in [0.05, 0.1) is 26.1 Å². The second kappa shape index (κ2) is 8.39. The molecule has 0 spiro atoms. The predicted octanol–water partition coefficient (Wildman–Crippen LogP) is 1.63. The van der Waals surface area contributed by atoms with E-state index in [4.69, 9.17) is 9.47 Å². The average molecular weight is 370 g/mol. The molecule has 0 unspecified atom stereocenters. The van der Waals surface area contributed by atoms with E-state index in [1.807, 2.05) is 6.07 Å². The lowest BCUT2D eigenvalue weighted by Gasteiger charge is -2.33. The lowest BCUT2D eigenvalue weighted by Crippen LogP contribution is -2.45. The number of carbonyl (C=O) groups excluding carboxylic acids is 2. The van der Waals surface area contributed by atoms with Crippen LogP contribution in [0.4, 0.5) is 11.5 Å². The van der Waals surface area contributed by atoms with Gasteiger partial charge in [-0.2, -0.15) is 0 Å². The zero-order chi connectivity index (χ0) is 19.2. The number of amides is 2. The van der Waals surface area contributed by atoms with Crippen LogP contribution in [0.25, 0.3) is 0 Å². The molecule has 1 aromatic carbocycles. The Kier molecular flexibility index (Phi) is 5.75. The minimum atomic E-state index is -0.299. The van der Waals surface area contributed by atoms with Crippen molar-refractivity contribution in [3.8, 4) is 11.5 Å². The second-order valence-electron chi connectivity index (χ2n) is 6.09. The molecule has 0 saturated carbocycles. The number of piperazine rings is 1. The summed E-state index contributed by atoms with van der Waals surface area (Å²) in [4.78, 5) is 31.5. The van der Waals surface area contributed by atoms with Crippen LogP contribution in [0.3, 0.4) is 0 Å². The molecule has 8 heteroatoms. The quantitative estimate of drug-likeness (QED) is 0.778. The van der Waals surface area contributed by atoms with E-state index in [0.29, 0.717) is 36.0 Å². The van der Waals surface area contributed by atoms with Gasteiger partial charge < -0.3 is 24.6 Å². The second-order valence-corrected chi connectivity index (χ2v) is 6.09. The first kappa shape index (κ1) is 18.5. The van der Waals surface area contributed by atoms with Crippen LogP contribution < -0.4 is 19.7 Å². The number of nitrogens with zero attached hydrogens (tertiary/aromatic N) is 3. The molecule has 1 saturated heterocycles. The zero-order valence-corrected chi connectivity index (χ0v) is 15.3. The number of hydrogen-bond acceptors (Lipinski definition) is 6. The monoisotopic (exact) mass is 370 g/mol. The van der Waals surface area contributed by atoms with E-state index in [1.54, 1.807) is 35.4 Å². The highest BCUT2D eigenvalue weighted by Gasteiger charge is 2.16. The van der Waals surface area contributed by atoms with E-state index < -0.39 is 0 Å². The fraction of sp³-hybridized carbons (Fsp3) is 0.316. The maximum absolute atomic E-state index is 12.5. The van der Waals surface area contributed by atoms with Gasteiger partial charge in [0.25, 0.3) is 5.91 Å². The van der Waals surface area contributed by atoms with Gasteiger partial charge in [-0.3, -0.25) is 9.59 Å². The van der Waals surface area contributed by atoms with Crippen molar-refractivity contribution in [1.29, 1.82) is 0 Å². The summed E-state index contributed by atoms with van der Waals surface area (Å²) >= 11 is 0. The van der Waals surface area contributed by atoms with Crippen LogP contribution in [0.5, 0.6) is 11.5 Å². The average Bonchev–Trinajstić information content (AvgIpc) is 2.74. The van der Waals surface area contributed by atoms with Gasteiger partial charge >= 0.3 is 0 Å². The van der Waals surface area contributed by atoms with E-state index >= 15 is 0 Å². The number of methoxy groups -OCH3 is 2. The number of ether oxygens (including phenoxy) is 2. The predicted molar refractivity (Wildman–Crippen MR) is 102 cm³/mol. The summed E-state index contributed by atoms with van der Waals surface area (Å²) in [6.45, 7) is 2.91. The number of carbonyl (C=O) groups is 2. The molecular weight excluding hydrogens is 348 g/mol. The molecule has 142 valence electrons. The first-order valence-corrected chi connectivity index (χ1v) is 8.57. The molecule has 1 N–H and O–H groups in total. The van der Waals surface area contributed by atoms with Gasteiger partial charge in [0.1, 0.15) is 17.3 Å². The molecule has 0 bridgehead atoms. The fourth-order valence-corrected chi connectivity index (χ4v) is 2.86. The van der Waals surface area contributed by atoms with E-state index in [9.17, 15) is 9.59 Å². The van der Waals surface area contributed by atoms with Gasteiger partial charge in [0.15, 0.2) is 0 Å². The Balaban J connectivity index is 1.66. The number of benzene rings is 1. The van der Waals surface area contributed by atoms with Crippen LogP contribution in [-0.2, 0) is 4.79 Å². The molecule has 1 aliphatic rings. The summed E-state index contributed by atoms with van der Waals surface area (Å²) in [6, 6.07) is 8.65. The van der Waals surface area contributed by atoms with E-state index in [0.717, 1.165) is 25.2 Å². The third-order valence-electron chi connectivity index (χ3n) is 4.43. The first-order chi connectivity index (χ1) is 13.1. The lowest BCUT2D eigenvalue weighted by molar-refractivity contribution is -0.118. The van der Waals surface area contributed by atoms with Crippen molar-refractivity contribution in [2.24, 2.45) is 0 Å². The molecule has 2 amide bonds. The molecule has 8 nitrogen and oxygen atoms in total. The summed E-state index contributed by atoms with van der Waals surface area (Å²) in [5, 5.41) is 2.77. The molecular formula is C19H22N4O4. The van der Waals surface area contributed by atoms with Crippen LogP contribution in [0.2, 0.25) is 0 Å². The Labute approximate surface area is 157 Å². The topological polar surface area (TPSA) is 84.0 Å². The maximum Gasteiger partial charge on any atom is 0.257 e. The standard InChI is InChI=1S/C19H22N4O4/c1-26-16-9-14(10-17(11-16)27-2)19(25)21-18-4-3-15(12-20-18)23-7-5-22(13-24)6-8-23/h3-4,9-13H,5-8H2,1-2H3,(H,20,21,25). The largest absolute Gasteiger partial charge is 0.497 e. The molecule has 1 fully saturated rings. The summed E-state index contributed by atoms with van der Waals surface area (Å²) in [5.41, 5.74) is 1.38. The Morgan fingerprint density at radius 2 is 1.74 bits per heavy atom. The number of rotatable bonds is 6. The normalized spacial score (nSPS) is 13.9. The smallest absolute Gasteiger partial charge is 0.257 e. The van der Waals surface area contributed by atoms with Crippen LogP contribution >= 0.6 is 0 Å². The minimum Gasteiger partial charge on any atom is -0.497 e. The van der Waals surface area contributed by atoms with Crippen molar-refractivity contribution >= 4 is 23.8 Å². The van der Waals surface area contributed by atoms with Crippen LogP contribution in [0, 0.1) is 0 Å². The number of hydrogen-bond donors (Lipinski definition) is 1. The highest BCUT2D eigenvalue weighted by Crippen LogP contribution is 2.23. The Morgan fingerprint density at radius 1 is 1.07 bits per heavy atom. The molecule has 2 heterocycles. The van der Waals surface area contributed by atoms with Crippen molar-refractivity contribution in [2.45, 2.75) is 0 Å². The van der Waals surface area contributed by atoms with Crippen molar-refractivity contribution in [1.82, 2.24) is 9.88 Å². The minimum absolute atomic E-state index is 0.299. The van der Waals surface area contributed by atoms with Crippen molar-refractivity contribution in [2.75, 3.05) is 50.6 Å². The van der Waals surface area contributed by atoms with Gasteiger partial charge in [0.2, 0.25) is 6.41 Å². The van der Waals surface area contributed by atoms with Crippen LogP contribution in [0.15, 0.2) is 36.5 Å². The number of aromatic nitrogens is 1. The van der Waals surface area contributed by atoms with Gasteiger partial charge in [-0.1, -0.05) is 0 Å². The summed E-state index contributed by atoms with van der Waals surface area (Å²) in [7, 11) is 3.07. The third kappa shape index (κ3) is 4.46. The summed E-state index contributed by atoms with van der Waals surface area (Å²) < 4.78 is 10.4. The summed E-state index contributed by atoms with van der Waals surface area (Å²) in [5.74, 6) is 1.23. The molecule has 27 heavy (non-hydrogen) atoms. The van der Waals surface area contributed by atoms with Crippen molar-refractivity contribution in [3.63, 3.8) is 0 Å². The van der Waals surface area contributed by atoms with Crippen molar-refractivity contribution < 1.29 is 19.1 Å². The van der Waals surface area contributed by atoms with Gasteiger partial charge in [-0.15, -0.1) is 0 Å². The Bertz CT molecular complexity index is 780. The van der Waals surface area contributed by atoms with E-state index in [1.165, 1.54) is 14.2 Å². The third-order valence-corrected chi connectivity index (χ3v) is 4.43. The van der Waals surface area contributed by atoms with Crippen LogP contribution in [-0.4, -0.2) is 62.6 Å². The SMILES string of the molecule is COc1cc(OC)cc(C(=O)Nc2ccc(N3CCN(C=O)CC3)cn2)c1. The lowest BCUT2D eigenvalue weighted by atomic mass is 10.2. The zero-order valence-electron chi connectivity index (χ0n) is 15.3. The molecule has 2 aromatic rings. The Hall–Kier alpha value is -3.29. The van der Waals surface area contributed by atoms with Crippen LogP contribution in [0.1, 0.15) is 10.4 Å². The fourth-order valence-electron chi connectivity index (χ4n) is 2.86. The highest BCUT2D eigenvalue weighted by molar-refractivity contribution is 6.04. The number of nitrogens with one attached hydrogen (secondary N) is 1. The van der Waals surface area contributed by atoms with Gasteiger partial charge in [-0.05, 0) is 24.3 Å². The molecule has 1 aromatic heterocycles. The van der Waals surface area contributed by atoms with Crippen molar-refractivity contribution in [3.05, 3.63) is 42.1 Å². The first-order valence-electron chi connectivity index (χ1n) is 8.57. The Morgan fingerprint density at radius 3 is 2.26 bits per heavy atom. The van der Waals surface area contributed by atoms with E-state index in [-0.39, 0.29) is 5.91 Å². The molecule has 3 rings (SSSR count). The summed E-state index contributed by atoms with van der Waals surface area (Å²) in [6.07, 6.45) is 2.60. The molecule has 0 radical (unpaired) electrons. The number of anilines is 2. The number of pyridine rings is 1. The van der Waals surface area contributed by atoms with Gasteiger partial charge in [-0.25, -0.2) is 4.98 Å².